The normalized spacial score (nSPS) is 35.1. The molecular weight excluding hydrogens is 442 g/mol. The number of benzene rings is 1. The van der Waals surface area contributed by atoms with Gasteiger partial charge in [0.25, 0.3) is 0 Å². The second-order valence-corrected chi connectivity index (χ2v) is 10.3. The van der Waals surface area contributed by atoms with Crippen LogP contribution in [0.15, 0.2) is 66.5 Å². The van der Waals surface area contributed by atoms with Crippen molar-refractivity contribution in [1.82, 2.24) is 9.88 Å². The van der Waals surface area contributed by atoms with Gasteiger partial charge in [0.05, 0.1) is 37.2 Å². The van der Waals surface area contributed by atoms with Crippen molar-refractivity contribution in [2.24, 2.45) is 11.3 Å². The Morgan fingerprint density at radius 3 is 2.60 bits per heavy atom. The molecule has 2 aromatic rings. The molecule has 1 aliphatic heterocycles. The molecule has 35 heavy (non-hydrogen) atoms. The Morgan fingerprint density at radius 1 is 1.26 bits per heavy atom. The largest absolute Gasteiger partial charge is 0.495 e. The number of aliphatic hydroxyl groups is 2. The number of methoxy groups -OCH3 is 1. The quantitative estimate of drug-likeness (QED) is 0.688. The first-order valence-corrected chi connectivity index (χ1v) is 11.8. The summed E-state index contributed by atoms with van der Waals surface area (Å²) in [6.45, 7) is 2.57. The zero-order valence-electron chi connectivity index (χ0n) is 20.5. The molecule has 1 fully saturated rings. The third kappa shape index (κ3) is 3.04. The number of nitrogens with zero attached hydrogens (tertiary/aromatic N) is 3. The van der Waals surface area contributed by atoms with Crippen LogP contribution in [0.4, 0.5) is 0 Å². The van der Waals surface area contributed by atoms with Gasteiger partial charge in [0, 0.05) is 29.4 Å². The van der Waals surface area contributed by atoms with E-state index < -0.39 is 22.7 Å². The van der Waals surface area contributed by atoms with Crippen molar-refractivity contribution in [3.05, 3.63) is 77.7 Å². The fraction of sp³-hybridized carbons (Fsp3) is 0.429. The standard InChI is InChI=1S/C28H31N3O4/c1-26(12-10-18(14-29)11-13-26)28-23(19-8-6-5-7-9-19)20(17-31(2)3)25(32)27(28,33)24-21(34-4)15-30-16-22(24)35-28/h5-12,15-16,20,23,25,32-33H,13,17H2,1-4H3/t20-,23-,25-,26?,27+,28-/m1/s1. The maximum atomic E-state index is 12.8. The highest BCUT2D eigenvalue weighted by Crippen LogP contribution is 2.71. The van der Waals surface area contributed by atoms with Gasteiger partial charge >= 0.3 is 0 Å². The van der Waals surface area contributed by atoms with Gasteiger partial charge in [-0.05, 0) is 32.2 Å². The molecule has 0 bridgehead atoms. The molecule has 3 aliphatic rings. The van der Waals surface area contributed by atoms with E-state index in [4.69, 9.17) is 9.47 Å². The van der Waals surface area contributed by atoms with Crippen molar-refractivity contribution in [3.8, 4) is 17.6 Å². The molecule has 2 aliphatic carbocycles. The number of aromatic nitrogens is 1. The van der Waals surface area contributed by atoms with E-state index in [1.807, 2.05) is 68.4 Å². The summed E-state index contributed by atoms with van der Waals surface area (Å²) in [6, 6.07) is 12.2. The number of pyridine rings is 1. The maximum Gasteiger partial charge on any atom is 0.164 e. The van der Waals surface area contributed by atoms with Crippen LogP contribution < -0.4 is 9.47 Å². The molecule has 1 unspecified atom stereocenters. The first-order chi connectivity index (χ1) is 16.7. The lowest BCUT2D eigenvalue weighted by Gasteiger charge is -2.51. The summed E-state index contributed by atoms with van der Waals surface area (Å²) in [5.41, 5.74) is -1.90. The highest BCUT2D eigenvalue weighted by molar-refractivity contribution is 5.59. The van der Waals surface area contributed by atoms with Gasteiger partial charge in [0.15, 0.2) is 11.2 Å². The Balaban J connectivity index is 1.84. The Hall–Kier alpha value is -3.18. The van der Waals surface area contributed by atoms with Crippen molar-refractivity contribution in [1.29, 1.82) is 5.26 Å². The molecule has 5 rings (SSSR count). The molecule has 2 heterocycles. The van der Waals surface area contributed by atoms with Crippen LogP contribution in [0.1, 0.15) is 30.4 Å². The Labute approximate surface area is 205 Å². The summed E-state index contributed by atoms with van der Waals surface area (Å²) in [7, 11) is 5.45. The lowest BCUT2D eigenvalue weighted by atomic mass is 9.57. The van der Waals surface area contributed by atoms with E-state index in [2.05, 4.69) is 11.1 Å². The van der Waals surface area contributed by atoms with Gasteiger partial charge in [-0.3, -0.25) is 4.98 Å². The van der Waals surface area contributed by atoms with Crippen molar-refractivity contribution >= 4 is 0 Å². The first-order valence-electron chi connectivity index (χ1n) is 11.8. The van der Waals surface area contributed by atoms with Gasteiger partial charge in [-0.2, -0.15) is 5.26 Å². The third-order valence-corrected chi connectivity index (χ3v) is 8.10. The molecular formula is C28H31N3O4. The van der Waals surface area contributed by atoms with Crippen molar-refractivity contribution in [3.63, 3.8) is 0 Å². The fourth-order valence-electron chi connectivity index (χ4n) is 6.70. The van der Waals surface area contributed by atoms with E-state index in [1.54, 1.807) is 18.5 Å². The minimum atomic E-state index is -1.80. The highest BCUT2D eigenvalue weighted by atomic mass is 16.5. The van der Waals surface area contributed by atoms with E-state index in [-0.39, 0.29) is 11.8 Å². The fourth-order valence-corrected chi connectivity index (χ4v) is 6.70. The molecule has 6 atom stereocenters. The molecule has 0 saturated heterocycles. The van der Waals surface area contributed by atoms with Crippen LogP contribution in [0, 0.1) is 22.7 Å². The molecule has 0 amide bonds. The molecule has 182 valence electrons. The Bertz CT molecular complexity index is 1240. The number of ether oxygens (including phenoxy) is 2. The van der Waals surface area contributed by atoms with Crippen LogP contribution in [0.2, 0.25) is 0 Å². The van der Waals surface area contributed by atoms with E-state index in [0.717, 1.165) is 5.56 Å². The lowest BCUT2D eigenvalue weighted by molar-refractivity contribution is -0.185. The summed E-state index contributed by atoms with van der Waals surface area (Å²) in [5, 5.41) is 34.4. The van der Waals surface area contributed by atoms with Gasteiger partial charge in [0.2, 0.25) is 0 Å². The molecule has 0 spiro atoms. The number of nitriles is 1. The summed E-state index contributed by atoms with van der Waals surface area (Å²) < 4.78 is 12.5. The van der Waals surface area contributed by atoms with Crippen LogP contribution in [-0.2, 0) is 5.60 Å². The van der Waals surface area contributed by atoms with Crippen LogP contribution in [0.5, 0.6) is 11.5 Å². The molecule has 0 radical (unpaired) electrons. The van der Waals surface area contributed by atoms with Crippen LogP contribution in [-0.4, -0.2) is 59.6 Å². The molecule has 2 N–H and O–H groups in total. The van der Waals surface area contributed by atoms with Crippen LogP contribution in [0.3, 0.4) is 0 Å². The molecule has 1 saturated carbocycles. The van der Waals surface area contributed by atoms with Gasteiger partial charge in [0.1, 0.15) is 11.5 Å². The van der Waals surface area contributed by atoms with Crippen molar-refractivity contribution < 1.29 is 19.7 Å². The van der Waals surface area contributed by atoms with Gasteiger partial charge in [-0.1, -0.05) is 49.4 Å². The summed E-state index contributed by atoms with van der Waals surface area (Å²) >= 11 is 0. The Kier molecular flexibility index (Phi) is 5.52. The highest BCUT2D eigenvalue weighted by Gasteiger charge is 2.80. The first kappa shape index (κ1) is 23.6. The van der Waals surface area contributed by atoms with E-state index in [9.17, 15) is 15.5 Å². The number of aliphatic hydroxyl groups excluding tert-OH is 1. The number of hydrogen-bond donors (Lipinski definition) is 2. The van der Waals surface area contributed by atoms with Crippen molar-refractivity contribution in [2.45, 2.75) is 36.6 Å². The topological polar surface area (TPSA) is 98.8 Å². The minimum Gasteiger partial charge on any atom is -0.495 e. The van der Waals surface area contributed by atoms with E-state index >= 15 is 0 Å². The average molecular weight is 474 g/mol. The molecule has 7 nitrogen and oxygen atoms in total. The van der Waals surface area contributed by atoms with E-state index in [0.29, 0.717) is 35.6 Å². The Morgan fingerprint density at radius 2 is 2.00 bits per heavy atom. The molecule has 7 heteroatoms. The molecule has 1 aromatic carbocycles. The van der Waals surface area contributed by atoms with Gasteiger partial charge in [-0.15, -0.1) is 0 Å². The second kappa shape index (κ2) is 8.20. The van der Waals surface area contributed by atoms with E-state index in [1.165, 1.54) is 7.11 Å². The molecule has 1 aromatic heterocycles. The summed E-state index contributed by atoms with van der Waals surface area (Å²) in [4.78, 5) is 6.30. The predicted molar refractivity (Wildman–Crippen MR) is 131 cm³/mol. The number of rotatable bonds is 5. The zero-order chi connectivity index (χ0) is 25.0. The maximum absolute atomic E-state index is 12.8. The van der Waals surface area contributed by atoms with Crippen molar-refractivity contribution in [2.75, 3.05) is 27.7 Å². The summed E-state index contributed by atoms with van der Waals surface area (Å²) in [5.74, 6) is 0.0459. The summed E-state index contributed by atoms with van der Waals surface area (Å²) in [6.07, 6.45) is 8.06. The number of allylic oxidation sites excluding steroid dienone is 3. The SMILES string of the molecule is COc1cncc2c1[C@]1(O)[C@H](O)[C@H](CN(C)C)[C@@H](c3ccccc3)[C@]1(C1(C)C=CC(C#N)=CC1)O2. The minimum absolute atomic E-state index is 0.352. The third-order valence-electron chi connectivity index (χ3n) is 8.10. The zero-order valence-corrected chi connectivity index (χ0v) is 20.5. The second-order valence-electron chi connectivity index (χ2n) is 10.3. The predicted octanol–water partition coefficient (Wildman–Crippen LogP) is 3.16. The van der Waals surface area contributed by atoms with Crippen LogP contribution >= 0.6 is 0 Å². The smallest absolute Gasteiger partial charge is 0.164 e. The number of fused-ring (bicyclic) bond motifs is 3. The van der Waals surface area contributed by atoms with Crippen LogP contribution in [0.25, 0.3) is 0 Å². The average Bonchev–Trinajstić information content (AvgIpc) is 3.24. The van der Waals surface area contributed by atoms with Gasteiger partial charge in [-0.25, -0.2) is 0 Å². The lowest BCUT2D eigenvalue weighted by Crippen LogP contribution is -2.63. The monoisotopic (exact) mass is 473 g/mol. The van der Waals surface area contributed by atoms with Gasteiger partial charge < -0.3 is 24.6 Å². The number of hydrogen-bond acceptors (Lipinski definition) is 7.